The molecule has 4 nitrogen and oxygen atoms in total. The molecule has 0 saturated heterocycles. The molecule has 0 radical (unpaired) electrons. The Labute approximate surface area is 83.2 Å². The molecule has 84 valence electrons. The normalized spacial score (nSPS) is 10.1. The van der Waals surface area contributed by atoms with E-state index in [2.05, 4.69) is 0 Å². The van der Waals surface area contributed by atoms with Crippen molar-refractivity contribution < 1.29 is 27.8 Å². The third-order valence-electron chi connectivity index (χ3n) is 1.21. The summed E-state index contributed by atoms with van der Waals surface area (Å²) < 4.78 is 32.5. The second kappa shape index (κ2) is 5.18. The first-order valence-electron chi connectivity index (χ1n) is 3.69. The topological polar surface area (TPSA) is 64.2 Å². The first-order valence-corrected chi connectivity index (χ1v) is 3.69. The van der Waals surface area contributed by atoms with E-state index in [1.807, 2.05) is 6.92 Å². The molecule has 0 saturated carbocycles. The van der Waals surface area contributed by atoms with Gasteiger partial charge >= 0.3 is 12.1 Å². The van der Waals surface area contributed by atoms with Gasteiger partial charge in [0.1, 0.15) is 0 Å². The lowest BCUT2D eigenvalue weighted by molar-refractivity contribution is -0.605. The molecule has 0 bridgehead atoms. The number of aliphatic carboxylic acids is 1. The van der Waals surface area contributed by atoms with Gasteiger partial charge in [-0.1, -0.05) is 0 Å². The maximum atomic E-state index is 10.6. The van der Waals surface area contributed by atoms with Crippen LogP contribution in [0.1, 0.15) is 5.56 Å². The summed E-state index contributed by atoms with van der Waals surface area (Å²) in [6.45, 7) is 1.94. The Bertz CT molecular complexity index is 300. The first kappa shape index (κ1) is 13.2. The summed E-state index contributed by atoms with van der Waals surface area (Å²) in [5.74, 6) is -2.76. The van der Waals surface area contributed by atoms with Crippen molar-refractivity contribution in [3.05, 3.63) is 35.3 Å². The van der Waals surface area contributed by atoms with Crippen LogP contribution >= 0.6 is 0 Å². The SMILES string of the molecule is Cc1cc[n+]([O-])cc1.O=C(O)C(F)(F)F. The van der Waals surface area contributed by atoms with Gasteiger partial charge in [-0.3, -0.25) is 0 Å². The van der Waals surface area contributed by atoms with Crippen molar-refractivity contribution in [3.8, 4) is 0 Å². The van der Waals surface area contributed by atoms with E-state index < -0.39 is 12.1 Å². The van der Waals surface area contributed by atoms with Crippen molar-refractivity contribution in [3.63, 3.8) is 0 Å². The fraction of sp³-hybridized carbons (Fsp3) is 0.250. The molecule has 1 N–H and O–H groups in total. The second-order valence-corrected chi connectivity index (χ2v) is 2.54. The van der Waals surface area contributed by atoms with Crippen LogP contribution in [-0.2, 0) is 4.79 Å². The minimum absolute atomic E-state index is 0.771. The van der Waals surface area contributed by atoms with E-state index in [-0.39, 0.29) is 0 Å². The number of carbonyl (C=O) groups is 1. The van der Waals surface area contributed by atoms with Crippen molar-refractivity contribution in [1.29, 1.82) is 0 Å². The summed E-state index contributed by atoms with van der Waals surface area (Å²) in [7, 11) is 0. The van der Waals surface area contributed by atoms with E-state index in [0.29, 0.717) is 0 Å². The molecule has 0 aliphatic heterocycles. The maximum absolute atomic E-state index is 10.6. The van der Waals surface area contributed by atoms with E-state index in [4.69, 9.17) is 9.90 Å². The van der Waals surface area contributed by atoms with Crippen LogP contribution in [0.25, 0.3) is 0 Å². The van der Waals surface area contributed by atoms with Crippen molar-refractivity contribution in [2.45, 2.75) is 13.1 Å². The summed E-state index contributed by atoms with van der Waals surface area (Å²) in [4.78, 5) is 8.90. The molecule has 1 aromatic rings. The van der Waals surface area contributed by atoms with E-state index in [0.717, 1.165) is 10.3 Å². The highest BCUT2D eigenvalue weighted by molar-refractivity contribution is 5.73. The molecule has 0 aliphatic rings. The number of pyridine rings is 1. The Hall–Kier alpha value is -1.79. The molecule has 1 rings (SSSR count). The second-order valence-electron chi connectivity index (χ2n) is 2.54. The molecular formula is C8H8F3NO3. The number of alkyl halides is 3. The maximum Gasteiger partial charge on any atom is 0.490 e. The zero-order valence-electron chi connectivity index (χ0n) is 7.65. The van der Waals surface area contributed by atoms with Crippen LogP contribution in [0.3, 0.4) is 0 Å². The standard InChI is InChI=1S/C6H7NO.C2HF3O2/c1-6-2-4-7(8)5-3-6;3-2(4,5)1(6)7/h2-5H,1H3;(H,6,7). The molecule has 15 heavy (non-hydrogen) atoms. The van der Waals surface area contributed by atoms with Crippen LogP contribution < -0.4 is 4.73 Å². The lowest BCUT2D eigenvalue weighted by Gasteiger charge is -1.93. The van der Waals surface area contributed by atoms with Crippen LogP contribution in [0.15, 0.2) is 24.5 Å². The zero-order chi connectivity index (χ0) is 12.1. The predicted molar refractivity (Wildman–Crippen MR) is 43.8 cm³/mol. The van der Waals surface area contributed by atoms with Gasteiger partial charge in [-0.05, 0) is 12.5 Å². The Kier molecular flexibility index (Phi) is 4.56. The number of aromatic nitrogens is 1. The minimum Gasteiger partial charge on any atom is -0.619 e. The summed E-state index contributed by atoms with van der Waals surface area (Å²) in [6.07, 6.45) is -2.12. The Balaban J connectivity index is 0.000000265. The molecule has 0 amide bonds. The van der Waals surface area contributed by atoms with Crippen LogP contribution in [0.5, 0.6) is 0 Å². The van der Waals surface area contributed by atoms with Crippen LogP contribution in [0.2, 0.25) is 0 Å². The van der Waals surface area contributed by atoms with Gasteiger partial charge < -0.3 is 10.3 Å². The molecule has 0 unspecified atom stereocenters. The van der Waals surface area contributed by atoms with E-state index in [1.165, 1.54) is 12.4 Å². The smallest absolute Gasteiger partial charge is 0.490 e. The van der Waals surface area contributed by atoms with Gasteiger partial charge in [0, 0.05) is 12.1 Å². The van der Waals surface area contributed by atoms with Crippen LogP contribution in [0, 0.1) is 12.1 Å². The van der Waals surface area contributed by atoms with Gasteiger partial charge in [-0.25, -0.2) is 4.79 Å². The van der Waals surface area contributed by atoms with Crippen LogP contribution in [0.4, 0.5) is 13.2 Å². The molecule has 1 heterocycles. The number of halogens is 3. The highest BCUT2D eigenvalue weighted by atomic mass is 19.4. The lowest BCUT2D eigenvalue weighted by Crippen LogP contribution is -2.23. The molecule has 7 heteroatoms. The molecule has 0 fully saturated rings. The quantitative estimate of drug-likeness (QED) is 0.532. The van der Waals surface area contributed by atoms with Gasteiger partial charge in [0.05, 0.1) is 0 Å². The molecule has 0 spiro atoms. The number of hydrogen-bond acceptors (Lipinski definition) is 2. The summed E-state index contributed by atoms with van der Waals surface area (Å²) in [6, 6.07) is 3.54. The molecular weight excluding hydrogens is 215 g/mol. The summed E-state index contributed by atoms with van der Waals surface area (Å²) >= 11 is 0. The van der Waals surface area contributed by atoms with Crippen molar-refractivity contribution >= 4 is 5.97 Å². The van der Waals surface area contributed by atoms with Gasteiger partial charge in [0.25, 0.3) is 0 Å². The van der Waals surface area contributed by atoms with Gasteiger partial charge in [0.2, 0.25) is 0 Å². The van der Waals surface area contributed by atoms with E-state index >= 15 is 0 Å². The summed E-state index contributed by atoms with van der Waals surface area (Å²) in [5.41, 5.74) is 1.11. The number of carboxylic acid groups (broad SMARTS) is 1. The van der Waals surface area contributed by atoms with Crippen molar-refractivity contribution in [2.24, 2.45) is 0 Å². The number of aryl methyl sites for hydroxylation is 1. The fourth-order valence-electron chi connectivity index (χ4n) is 0.487. The average Bonchev–Trinajstić information content (AvgIpc) is 2.09. The summed E-state index contributed by atoms with van der Waals surface area (Å²) in [5, 5.41) is 17.5. The average molecular weight is 223 g/mol. The van der Waals surface area contributed by atoms with Crippen molar-refractivity contribution in [1.82, 2.24) is 0 Å². The number of nitrogens with zero attached hydrogens (tertiary/aromatic N) is 1. The van der Waals surface area contributed by atoms with E-state index in [1.54, 1.807) is 12.1 Å². The Morgan fingerprint density at radius 2 is 1.73 bits per heavy atom. The largest absolute Gasteiger partial charge is 0.619 e. The van der Waals surface area contributed by atoms with Crippen LogP contribution in [-0.4, -0.2) is 17.3 Å². The van der Waals surface area contributed by atoms with Gasteiger partial charge in [0.15, 0.2) is 12.4 Å². The number of carboxylic acids is 1. The number of hydrogen-bond donors (Lipinski definition) is 1. The van der Waals surface area contributed by atoms with Gasteiger partial charge in [-0.15, -0.1) is 0 Å². The third-order valence-corrected chi connectivity index (χ3v) is 1.21. The lowest BCUT2D eigenvalue weighted by atomic mass is 10.3. The molecule has 0 aliphatic carbocycles. The zero-order valence-corrected chi connectivity index (χ0v) is 7.65. The molecule has 0 atom stereocenters. The third kappa shape index (κ3) is 6.30. The van der Waals surface area contributed by atoms with E-state index in [9.17, 15) is 18.4 Å². The minimum atomic E-state index is -5.08. The highest BCUT2D eigenvalue weighted by Crippen LogP contribution is 2.13. The predicted octanol–water partition coefficient (Wildman–Crippen LogP) is 1.26. The Morgan fingerprint density at radius 3 is 1.93 bits per heavy atom. The van der Waals surface area contributed by atoms with Crippen molar-refractivity contribution in [2.75, 3.05) is 0 Å². The number of rotatable bonds is 0. The highest BCUT2D eigenvalue weighted by Gasteiger charge is 2.38. The monoisotopic (exact) mass is 223 g/mol. The Morgan fingerprint density at radius 1 is 1.40 bits per heavy atom. The first-order chi connectivity index (χ1) is 6.73. The molecule has 0 aromatic carbocycles. The fourth-order valence-corrected chi connectivity index (χ4v) is 0.487. The molecule has 1 aromatic heterocycles. The van der Waals surface area contributed by atoms with Gasteiger partial charge in [-0.2, -0.15) is 17.9 Å².